The van der Waals surface area contributed by atoms with E-state index in [1.54, 1.807) is 0 Å². The summed E-state index contributed by atoms with van der Waals surface area (Å²) in [7, 11) is 0. The third-order valence-electron chi connectivity index (χ3n) is 3.69. The Labute approximate surface area is 82.3 Å². The first-order valence-corrected chi connectivity index (χ1v) is 5.58. The molecule has 2 aliphatic rings. The van der Waals surface area contributed by atoms with Gasteiger partial charge in [0.25, 0.3) is 0 Å². The summed E-state index contributed by atoms with van der Waals surface area (Å²) in [5, 5.41) is 3.67. The van der Waals surface area contributed by atoms with E-state index in [2.05, 4.69) is 33.0 Å². The molecule has 2 fully saturated rings. The predicted octanol–water partition coefficient (Wildman–Crippen LogP) is 2.95. The van der Waals surface area contributed by atoms with Crippen molar-refractivity contribution in [3.63, 3.8) is 0 Å². The molecule has 1 N–H and O–H groups in total. The third-order valence-corrected chi connectivity index (χ3v) is 3.69. The second kappa shape index (κ2) is 2.50. The van der Waals surface area contributed by atoms with Gasteiger partial charge in [-0.2, -0.15) is 0 Å². The van der Waals surface area contributed by atoms with Crippen LogP contribution in [0.25, 0.3) is 0 Å². The van der Waals surface area contributed by atoms with Crippen LogP contribution < -0.4 is 5.32 Å². The third kappa shape index (κ3) is 1.76. The first-order chi connectivity index (χ1) is 5.83. The van der Waals surface area contributed by atoms with Gasteiger partial charge in [0.2, 0.25) is 0 Å². The molecule has 76 valence electrons. The molecule has 1 aliphatic carbocycles. The Kier molecular flexibility index (Phi) is 1.83. The minimum atomic E-state index is 0.519. The van der Waals surface area contributed by atoms with E-state index in [1.807, 2.05) is 0 Å². The van der Waals surface area contributed by atoms with Gasteiger partial charge in [-0.05, 0) is 43.1 Å². The Morgan fingerprint density at radius 1 is 0.846 bits per heavy atom. The van der Waals surface area contributed by atoms with Crippen molar-refractivity contribution < 1.29 is 0 Å². The van der Waals surface area contributed by atoms with Crippen LogP contribution in [0.5, 0.6) is 0 Å². The quantitative estimate of drug-likeness (QED) is 0.606. The van der Waals surface area contributed by atoms with Crippen molar-refractivity contribution in [2.75, 3.05) is 6.54 Å². The molecule has 1 saturated heterocycles. The number of hydrogen-bond donors (Lipinski definition) is 1. The monoisotopic (exact) mass is 181 g/mol. The Balaban J connectivity index is 2.17. The fourth-order valence-electron chi connectivity index (χ4n) is 4.10. The highest BCUT2D eigenvalue weighted by Crippen LogP contribution is 2.52. The van der Waals surface area contributed by atoms with Gasteiger partial charge in [-0.1, -0.05) is 27.7 Å². The van der Waals surface area contributed by atoms with Gasteiger partial charge >= 0.3 is 0 Å². The smallest absolute Gasteiger partial charge is 0.0203 e. The van der Waals surface area contributed by atoms with Crippen molar-refractivity contribution in [3.05, 3.63) is 0 Å². The molecule has 1 aliphatic heterocycles. The molecule has 0 unspecified atom stereocenters. The lowest BCUT2D eigenvalue weighted by atomic mass is 9.56. The molecule has 0 bridgehead atoms. The highest BCUT2D eigenvalue weighted by Gasteiger charge is 2.49. The van der Waals surface area contributed by atoms with Crippen molar-refractivity contribution >= 4 is 0 Å². The van der Waals surface area contributed by atoms with Crippen molar-refractivity contribution in [1.82, 2.24) is 5.32 Å². The average molecular weight is 181 g/mol. The maximum absolute atomic E-state index is 3.67. The topological polar surface area (TPSA) is 12.0 Å². The molecule has 0 radical (unpaired) electrons. The Morgan fingerprint density at radius 2 is 1.31 bits per heavy atom. The summed E-state index contributed by atoms with van der Waals surface area (Å²) < 4.78 is 0. The molecule has 1 spiro atoms. The van der Waals surface area contributed by atoms with Crippen LogP contribution in [-0.2, 0) is 0 Å². The zero-order valence-electron chi connectivity index (χ0n) is 9.54. The van der Waals surface area contributed by atoms with Crippen LogP contribution in [0.1, 0.15) is 53.4 Å². The maximum atomic E-state index is 3.67. The Hall–Kier alpha value is -0.0400. The molecule has 1 nitrogen and oxygen atoms in total. The minimum Gasteiger partial charge on any atom is -0.311 e. The standard InChI is InChI=1S/C12H23N/c1-10(2)7-11(3,4)9-12(8-10)5-6-13-12/h13H,5-9H2,1-4H3. The maximum Gasteiger partial charge on any atom is 0.0203 e. The summed E-state index contributed by atoms with van der Waals surface area (Å²) in [4.78, 5) is 0. The molecule has 2 rings (SSSR count). The summed E-state index contributed by atoms with van der Waals surface area (Å²) in [5.74, 6) is 0. The first-order valence-electron chi connectivity index (χ1n) is 5.58. The van der Waals surface area contributed by atoms with E-state index in [0.29, 0.717) is 16.4 Å². The van der Waals surface area contributed by atoms with E-state index in [-0.39, 0.29) is 0 Å². The van der Waals surface area contributed by atoms with E-state index in [1.165, 1.54) is 32.2 Å². The van der Waals surface area contributed by atoms with Crippen molar-refractivity contribution in [2.45, 2.75) is 58.9 Å². The lowest BCUT2D eigenvalue weighted by Gasteiger charge is -2.57. The molecule has 1 saturated carbocycles. The Morgan fingerprint density at radius 3 is 1.62 bits per heavy atom. The van der Waals surface area contributed by atoms with Crippen molar-refractivity contribution in [2.24, 2.45) is 10.8 Å². The normalized spacial score (nSPS) is 34.2. The van der Waals surface area contributed by atoms with Gasteiger partial charge < -0.3 is 5.32 Å². The van der Waals surface area contributed by atoms with E-state index in [0.717, 1.165) is 0 Å². The summed E-state index contributed by atoms with van der Waals surface area (Å²) in [5.41, 5.74) is 1.59. The molecule has 0 amide bonds. The zero-order chi connectivity index (χ0) is 9.74. The molecule has 0 aromatic heterocycles. The van der Waals surface area contributed by atoms with E-state index < -0.39 is 0 Å². The van der Waals surface area contributed by atoms with Gasteiger partial charge in [-0.15, -0.1) is 0 Å². The molecule has 0 atom stereocenters. The first kappa shape index (κ1) is 9.51. The van der Waals surface area contributed by atoms with Gasteiger partial charge in [0.1, 0.15) is 0 Å². The van der Waals surface area contributed by atoms with Crippen LogP contribution >= 0.6 is 0 Å². The summed E-state index contributed by atoms with van der Waals surface area (Å²) in [6.45, 7) is 10.9. The SMILES string of the molecule is CC1(C)CC(C)(C)CC2(CCN2)C1. The van der Waals surface area contributed by atoms with Crippen LogP contribution in [0.15, 0.2) is 0 Å². The van der Waals surface area contributed by atoms with Crippen LogP contribution in [0.2, 0.25) is 0 Å². The summed E-state index contributed by atoms with van der Waals surface area (Å²) in [6, 6.07) is 0. The predicted molar refractivity (Wildman–Crippen MR) is 56.8 cm³/mol. The number of nitrogens with one attached hydrogen (secondary N) is 1. The summed E-state index contributed by atoms with van der Waals surface area (Å²) in [6.07, 6.45) is 5.54. The average Bonchev–Trinajstić information content (AvgIpc) is 1.76. The lowest BCUT2D eigenvalue weighted by Crippen LogP contribution is -2.63. The molecular weight excluding hydrogens is 158 g/mol. The van der Waals surface area contributed by atoms with Gasteiger partial charge in [-0.25, -0.2) is 0 Å². The lowest BCUT2D eigenvalue weighted by molar-refractivity contribution is -0.00689. The van der Waals surface area contributed by atoms with Gasteiger partial charge in [0.15, 0.2) is 0 Å². The molecule has 1 heterocycles. The molecule has 0 aromatic carbocycles. The van der Waals surface area contributed by atoms with Crippen LogP contribution in [0, 0.1) is 10.8 Å². The highest BCUT2D eigenvalue weighted by atomic mass is 15.1. The fraction of sp³-hybridized carbons (Fsp3) is 1.00. The zero-order valence-corrected chi connectivity index (χ0v) is 9.54. The van der Waals surface area contributed by atoms with Gasteiger partial charge in [0, 0.05) is 5.54 Å². The molecule has 1 heteroatoms. The highest BCUT2D eigenvalue weighted by molar-refractivity contribution is 5.07. The Bertz CT molecular complexity index is 193. The second-order valence-corrected chi connectivity index (χ2v) is 6.82. The second-order valence-electron chi connectivity index (χ2n) is 6.82. The van der Waals surface area contributed by atoms with E-state index in [4.69, 9.17) is 0 Å². The van der Waals surface area contributed by atoms with Crippen molar-refractivity contribution in [1.29, 1.82) is 0 Å². The van der Waals surface area contributed by atoms with Crippen LogP contribution in [0.3, 0.4) is 0 Å². The molecule has 0 aromatic rings. The largest absolute Gasteiger partial charge is 0.311 e. The molecule has 13 heavy (non-hydrogen) atoms. The number of hydrogen-bond acceptors (Lipinski definition) is 1. The molecular formula is C12H23N. The van der Waals surface area contributed by atoms with Crippen LogP contribution in [0.4, 0.5) is 0 Å². The van der Waals surface area contributed by atoms with Crippen molar-refractivity contribution in [3.8, 4) is 0 Å². The van der Waals surface area contributed by atoms with Gasteiger partial charge in [-0.3, -0.25) is 0 Å². The van der Waals surface area contributed by atoms with Gasteiger partial charge in [0.05, 0.1) is 0 Å². The number of rotatable bonds is 0. The summed E-state index contributed by atoms with van der Waals surface area (Å²) >= 11 is 0. The fourth-order valence-corrected chi connectivity index (χ4v) is 4.10. The van der Waals surface area contributed by atoms with Crippen LogP contribution in [-0.4, -0.2) is 12.1 Å². The minimum absolute atomic E-state index is 0.519. The van der Waals surface area contributed by atoms with E-state index >= 15 is 0 Å². The van der Waals surface area contributed by atoms with E-state index in [9.17, 15) is 0 Å².